The molecule has 1 radical (unpaired) electrons. The molecule has 0 aliphatic heterocycles. The van der Waals surface area contributed by atoms with Crippen molar-refractivity contribution in [3.8, 4) is 0 Å². The van der Waals surface area contributed by atoms with Gasteiger partial charge in [0.05, 0.1) is 10.5 Å². The molecular formula is C14H7NNaO7S. The fourth-order valence-corrected chi connectivity index (χ4v) is 3.27. The third-order valence-electron chi connectivity index (χ3n) is 3.49. The Kier molecular flexibility index (Phi) is 4.75. The number of hydrogen-bond donors (Lipinski definition) is 1. The van der Waals surface area contributed by atoms with Crippen molar-refractivity contribution in [2.24, 2.45) is 0 Å². The van der Waals surface area contributed by atoms with Crippen LogP contribution in [0.15, 0.2) is 41.3 Å². The number of hydrogen-bond acceptors (Lipinski definition) is 6. The van der Waals surface area contributed by atoms with E-state index in [1.807, 2.05) is 0 Å². The van der Waals surface area contributed by atoms with Crippen LogP contribution in [0.2, 0.25) is 0 Å². The number of nitro groups is 1. The first-order valence-corrected chi connectivity index (χ1v) is 7.65. The number of carbonyl (C=O) groups excluding carboxylic acids is 2. The number of rotatable bonds is 2. The third kappa shape index (κ3) is 2.70. The molecule has 0 aromatic heterocycles. The van der Waals surface area contributed by atoms with Gasteiger partial charge in [0.1, 0.15) is 10.5 Å². The summed E-state index contributed by atoms with van der Waals surface area (Å²) in [5.74, 6) is -1.71. The molecule has 0 heterocycles. The first kappa shape index (κ1) is 18.4. The van der Waals surface area contributed by atoms with Crippen molar-refractivity contribution in [1.29, 1.82) is 0 Å². The van der Waals surface area contributed by atoms with E-state index in [9.17, 15) is 32.7 Å². The number of carbonyl (C=O) groups is 2. The van der Waals surface area contributed by atoms with Crippen molar-refractivity contribution >= 4 is 56.9 Å². The van der Waals surface area contributed by atoms with Crippen LogP contribution in [-0.4, -0.2) is 59.0 Å². The van der Waals surface area contributed by atoms with Gasteiger partial charge in [0.2, 0.25) is 5.78 Å². The van der Waals surface area contributed by atoms with Gasteiger partial charge in [0.15, 0.2) is 5.78 Å². The molecule has 24 heavy (non-hydrogen) atoms. The Morgan fingerprint density at radius 3 is 2.00 bits per heavy atom. The topological polar surface area (TPSA) is 132 Å². The normalized spacial score (nSPS) is 12.9. The molecule has 117 valence electrons. The molecule has 0 spiro atoms. The maximum absolute atomic E-state index is 12.6. The van der Waals surface area contributed by atoms with Crippen LogP contribution in [0.5, 0.6) is 0 Å². The van der Waals surface area contributed by atoms with Gasteiger partial charge in [-0.15, -0.1) is 0 Å². The molecule has 0 atom stereocenters. The Labute approximate surface area is 157 Å². The molecule has 8 nitrogen and oxygen atoms in total. The maximum Gasteiger partial charge on any atom is 0.295 e. The quantitative estimate of drug-likeness (QED) is 0.316. The number of nitrogens with zero attached hydrogens (tertiary/aromatic N) is 1. The van der Waals surface area contributed by atoms with Crippen molar-refractivity contribution < 1.29 is 27.5 Å². The van der Waals surface area contributed by atoms with Crippen LogP contribution in [0.4, 0.5) is 5.69 Å². The molecule has 10 heteroatoms. The Morgan fingerprint density at radius 1 is 0.917 bits per heavy atom. The fraction of sp³-hybridized carbons (Fsp3) is 0. The van der Waals surface area contributed by atoms with E-state index < -0.39 is 48.3 Å². The fourth-order valence-electron chi connectivity index (χ4n) is 2.56. The van der Waals surface area contributed by atoms with E-state index in [1.165, 1.54) is 24.3 Å². The van der Waals surface area contributed by atoms with Crippen molar-refractivity contribution in [1.82, 2.24) is 0 Å². The standard InChI is InChI=1S/C14H7NO7S.Na/c16-13-7-3-1-5-9(15(18)19)11(7)14(17)12-8(13)4-2-6-10(12)23(20,21)22;/h1-6H,(H,20,21,22);. The molecule has 1 aliphatic rings. The average molecular weight is 356 g/mol. The predicted octanol–water partition coefficient (Wildman–Crippen LogP) is 1.24. The van der Waals surface area contributed by atoms with Crippen molar-refractivity contribution in [3.05, 3.63) is 68.8 Å². The summed E-state index contributed by atoms with van der Waals surface area (Å²) < 4.78 is 32.1. The van der Waals surface area contributed by atoms with Crippen LogP contribution in [0.25, 0.3) is 0 Å². The molecule has 0 saturated carbocycles. The summed E-state index contributed by atoms with van der Waals surface area (Å²) in [7, 11) is -4.78. The molecule has 1 N–H and O–H groups in total. The second-order valence-electron chi connectivity index (χ2n) is 4.77. The van der Waals surface area contributed by atoms with Crippen LogP contribution in [-0.2, 0) is 10.1 Å². The molecule has 0 amide bonds. The molecule has 0 saturated heterocycles. The zero-order valence-electron chi connectivity index (χ0n) is 12.2. The van der Waals surface area contributed by atoms with Gasteiger partial charge in [0.25, 0.3) is 15.8 Å². The third-order valence-corrected chi connectivity index (χ3v) is 4.38. The minimum atomic E-state index is -4.78. The van der Waals surface area contributed by atoms with Crippen LogP contribution >= 0.6 is 0 Å². The molecule has 2 aromatic rings. The Bertz CT molecular complexity index is 1010. The summed E-state index contributed by atoms with van der Waals surface area (Å²) in [6.45, 7) is 0. The average Bonchev–Trinajstić information content (AvgIpc) is 2.50. The number of benzene rings is 2. The van der Waals surface area contributed by atoms with Gasteiger partial charge in [-0.05, 0) is 12.1 Å². The SMILES string of the molecule is O=C1c2cccc([N+](=O)[O-])c2C(=O)c2c1cccc2S(=O)(=O)O.[Na]. The first-order chi connectivity index (χ1) is 10.7. The maximum atomic E-state index is 12.6. The van der Waals surface area contributed by atoms with Crippen molar-refractivity contribution in [2.75, 3.05) is 0 Å². The summed E-state index contributed by atoms with van der Waals surface area (Å²) in [6, 6.07) is 6.96. The molecular weight excluding hydrogens is 349 g/mol. The molecule has 0 bridgehead atoms. The Balaban J connectivity index is 0.00000208. The van der Waals surface area contributed by atoms with E-state index in [0.29, 0.717) is 0 Å². The summed E-state index contributed by atoms with van der Waals surface area (Å²) >= 11 is 0. The molecule has 1 aliphatic carbocycles. The predicted molar refractivity (Wildman–Crippen MR) is 82.0 cm³/mol. The van der Waals surface area contributed by atoms with Gasteiger partial charge < -0.3 is 0 Å². The largest absolute Gasteiger partial charge is 0.295 e. The van der Waals surface area contributed by atoms with Gasteiger partial charge >= 0.3 is 0 Å². The smallest absolute Gasteiger partial charge is 0.289 e. The summed E-state index contributed by atoms with van der Waals surface area (Å²) in [5.41, 5.74) is -2.04. The van der Waals surface area contributed by atoms with Gasteiger partial charge in [-0.1, -0.05) is 18.2 Å². The second kappa shape index (κ2) is 6.19. The van der Waals surface area contributed by atoms with Crippen molar-refractivity contribution in [3.63, 3.8) is 0 Å². The van der Waals surface area contributed by atoms with Crippen LogP contribution < -0.4 is 0 Å². The van der Waals surface area contributed by atoms with E-state index in [0.717, 1.165) is 12.1 Å². The van der Waals surface area contributed by atoms with E-state index >= 15 is 0 Å². The number of fused-ring (bicyclic) bond motifs is 2. The Morgan fingerprint density at radius 2 is 1.46 bits per heavy atom. The molecule has 0 fully saturated rings. The van der Waals surface area contributed by atoms with Gasteiger partial charge in [-0.2, -0.15) is 8.42 Å². The minimum absolute atomic E-state index is 0. The van der Waals surface area contributed by atoms with E-state index in [-0.39, 0.29) is 40.7 Å². The number of nitro benzene ring substituents is 1. The minimum Gasteiger partial charge on any atom is -0.289 e. The summed E-state index contributed by atoms with van der Waals surface area (Å²) in [4.78, 5) is 34.6. The van der Waals surface area contributed by atoms with Crippen LogP contribution in [0.3, 0.4) is 0 Å². The van der Waals surface area contributed by atoms with Gasteiger partial charge in [0, 0.05) is 46.8 Å². The Hall–Kier alpha value is -1.91. The first-order valence-electron chi connectivity index (χ1n) is 6.21. The van der Waals surface area contributed by atoms with E-state index in [1.54, 1.807) is 0 Å². The van der Waals surface area contributed by atoms with Crippen LogP contribution in [0, 0.1) is 10.1 Å². The van der Waals surface area contributed by atoms with Crippen LogP contribution in [0.1, 0.15) is 31.8 Å². The summed E-state index contributed by atoms with van der Waals surface area (Å²) in [5, 5.41) is 11.1. The van der Waals surface area contributed by atoms with E-state index in [2.05, 4.69) is 0 Å². The zero-order chi connectivity index (χ0) is 16.9. The van der Waals surface area contributed by atoms with Gasteiger partial charge in [-0.3, -0.25) is 24.3 Å². The molecule has 0 unspecified atom stereocenters. The second-order valence-corrected chi connectivity index (χ2v) is 6.16. The molecule has 2 aromatic carbocycles. The van der Waals surface area contributed by atoms with Gasteiger partial charge in [-0.25, -0.2) is 0 Å². The van der Waals surface area contributed by atoms with E-state index in [4.69, 9.17) is 0 Å². The zero-order valence-corrected chi connectivity index (χ0v) is 15.0. The summed E-state index contributed by atoms with van der Waals surface area (Å²) in [6.07, 6.45) is 0. The number of ketones is 2. The molecule has 3 rings (SSSR count). The monoisotopic (exact) mass is 356 g/mol. The van der Waals surface area contributed by atoms with Crippen molar-refractivity contribution in [2.45, 2.75) is 4.90 Å².